The largest absolute Gasteiger partial charge is 0.369 e. The van der Waals surface area contributed by atoms with Crippen molar-refractivity contribution in [2.45, 2.75) is 11.3 Å². The third-order valence-electron chi connectivity index (χ3n) is 4.44. The van der Waals surface area contributed by atoms with E-state index in [1.165, 1.54) is 17.8 Å². The van der Waals surface area contributed by atoms with Crippen LogP contribution in [0.15, 0.2) is 53.4 Å². The maximum absolute atomic E-state index is 12.9. The first-order chi connectivity index (χ1) is 12.1. The van der Waals surface area contributed by atoms with Gasteiger partial charge in [-0.15, -0.1) is 0 Å². The molecule has 0 saturated carbocycles. The predicted molar refractivity (Wildman–Crippen MR) is 102 cm³/mol. The van der Waals surface area contributed by atoms with E-state index >= 15 is 0 Å². The van der Waals surface area contributed by atoms with Gasteiger partial charge < -0.3 is 4.90 Å². The van der Waals surface area contributed by atoms with Gasteiger partial charge in [0.05, 0.1) is 10.8 Å². The normalized spacial score (nSPS) is 16.8. The van der Waals surface area contributed by atoms with Gasteiger partial charge in [0.1, 0.15) is 5.82 Å². The molecule has 0 aromatic heterocycles. The molecule has 1 saturated heterocycles. The Hall–Kier alpha value is -1.43. The summed E-state index contributed by atoms with van der Waals surface area (Å²) in [6.07, 6.45) is 0.880. The van der Waals surface area contributed by atoms with E-state index in [0.29, 0.717) is 10.6 Å². The fourth-order valence-corrected chi connectivity index (χ4v) is 4.20. The molecule has 1 unspecified atom stereocenters. The van der Waals surface area contributed by atoms with Crippen molar-refractivity contribution in [2.75, 3.05) is 43.4 Å². The lowest BCUT2D eigenvalue weighted by atomic mass is 10.2. The highest BCUT2D eigenvalue weighted by Crippen LogP contribution is 2.19. The summed E-state index contributed by atoms with van der Waals surface area (Å²) in [5, 5.41) is 0.761. The Balaban J connectivity index is 1.40. The van der Waals surface area contributed by atoms with Crippen molar-refractivity contribution in [3.8, 4) is 0 Å². The fourth-order valence-electron chi connectivity index (χ4n) is 3.01. The van der Waals surface area contributed by atoms with Gasteiger partial charge in [-0.25, -0.2) is 4.39 Å². The lowest BCUT2D eigenvalue weighted by Crippen LogP contribution is -2.46. The van der Waals surface area contributed by atoms with E-state index in [-0.39, 0.29) is 5.82 Å². The third kappa shape index (κ3) is 5.27. The molecule has 25 heavy (non-hydrogen) atoms. The molecule has 1 heterocycles. The first-order valence-corrected chi connectivity index (χ1v) is 10.2. The van der Waals surface area contributed by atoms with Crippen LogP contribution < -0.4 is 4.90 Å². The van der Waals surface area contributed by atoms with Crippen LogP contribution in [-0.2, 0) is 10.8 Å². The zero-order chi connectivity index (χ0) is 17.6. The molecule has 6 heteroatoms. The average molecular weight is 381 g/mol. The number of halogens is 2. The lowest BCUT2D eigenvalue weighted by Gasteiger charge is -2.36. The van der Waals surface area contributed by atoms with E-state index in [1.54, 1.807) is 12.1 Å². The Morgan fingerprint density at radius 3 is 2.24 bits per heavy atom. The van der Waals surface area contributed by atoms with Crippen molar-refractivity contribution in [3.63, 3.8) is 0 Å². The maximum Gasteiger partial charge on any atom is 0.123 e. The second-order valence-electron chi connectivity index (χ2n) is 6.16. The Morgan fingerprint density at radius 2 is 1.60 bits per heavy atom. The number of rotatable bonds is 6. The van der Waals surface area contributed by atoms with Crippen molar-refractivity contribution < 1.29 is 8.60 Å². The minimum absolute atomic E-state index is 0.292. The van der Waals surface area contributed by atoms with Crippen LogP contribution in [0.5, 0.6) is 0 Å². The van der Waals surface area contributed by atoms with Gasteiger partial charge >= 0.3 is 0 Å². The summed E-state index contributed by atoms with van der Waals surface area (Å²) in [5.41, 5.74) is 1.21. The Bertz CT molecular complexity index is 700. The molecule has 0 spiro atoms. The van der Waals surface area contributed by atoms with E-state index in [9.17, 15) is 8.60 Å². The zero-order valence-corrected chi connectivity index (χ0v) is 15.6. The highest BCUT2D eigenvalue weighted by molar-refractivity contribution is 7.85. The molecule has 0 N–H and O–H groups in total. The molecule has 0 bridgehead atoms. The fraction of sp³-hybridized carbons (Fsp3) is 0.368. The highest BCUT2D eigenvalue weighted by Gasteiger charge is 2.17. The predicted octanol–water partition coefficient (Wildman–Crippen LogP) is 3.80. The van der Waals surface area contributed by atoms with Crippen LogP contribution in [-0.4, -0.2) is 47.6 Å². The van der Waals surface area contributed by atoms with Gasteiger partial charge in [-0.05, 0) is 61.5 Å². The molecule has 3 nitrogen and oxygen atoms in total. The molecule has 0 aliphatic carbocycles. The van der Waals surface area contributed by atoms with E-state index < -0.39 is 10.8 Å². The van der Waals surface area contributed by atoms with Crippen LogP contribution in [0.1, 0.15) is 6.42 Å². The summed E-state index contributed by atoms with van der Waals surface area (Å²) >= 11 is 5.94. The van der Waals surface area contributed by atoms with Crippen LogP contribution in [0.2, 0.25) is 5.02 Å². The topological polar surface area (TPSA) is 23.6 Å². The minimum Gasteiger partial charge on any atom is -0.369 e. The number of anilines is 1. The second-order valence-corrected chi connectivity index (χ2v) is 8.17. The van der Waals surface area contributed by atoms with Crippen molar-refractivity contribution in [2.24, 2.45) is 0 Å². The maximum atomic E-state index is 12.9. The summed E-state index contributed by atoms with van der Waals surface area (Å²) in [6.45, 7) is 4.93. The minimum atomic E-state index is -1.05. The van der Waals surface area contributed by atoms with Crippen molar-refractivity contribution >= 4 is 28.1 Å². The molecule has 3 rings (SSSR count). The summed E-state index contributed by atoms with van der Waals surface area (Å²) in [5.74, 6) is 0.322. The molecular weight excluding hydrogens is 359 g/mol. The molecule has 1 fully saturated rings. The summed E-state index contributed by atoms with van der Waals surface area (Å²) < 4.78 is 25.1. The quantitative estimate of drug-likeness (QED) is 0.761. The third-order valence-corrected chi connectivity index (χ3v) is 6.15. The standard InChI is InChI=1S/C19H22ClFN2OS/c20-16-2-6-18(7-3-16)23-13-11-22(12-14-23)10-1-15-25(24)19-8-4-17(21)5-9-19/h2-9H,1,10-15H2. The van der Waals surface area contributed by atoms with Crippen LogP contribution in [0.3, 0.4) is 0 Å². The van der Waals surface area contributed by atoms with Crippen LogP contribution in [0, 0.1) is 5.82 Å². The summed E-state index contributed by atoms with van der Waals surface area (Å²) in [6, 6.07) is 13.9. The smallest absolute Gasteiger partial charge is 0.123 e. The highest BCUT2D eigenvalue weighted by atomic mass is 35.5. The molecule has 134 valence electrons. The first-order valence-electron chi connectivity index (χ1n) is 8.48. The Morgan fingerprint density at radius 1 is 0.960 bits per heavy atom. The monoisotopic (exact) mass is 380 g/mol. The van der Waals surface area contributed by atoms with Gasteiger partial charge in [-0.1, -0.05) is 11.6 Å². The number of benzene rings is 2. The Kier molecular flexibility index (Phi) is 6.45. The average Bonchev–Trinajstić information content (AvgIpc) is 2.63. The second kappa shape index (κ2) is 8.79. The Labute approximate surface area is 155 Å². The van der Waals surface area contributed by atoms with Crippen LogP contribution in [0.4, 0.5) is 10.1 Å². The van der Waals surface area contributed by atoms with Gasteiger partial charge in [0.2, 0.25) is 0 Å². The van der Waals surface area contributed by atoms with Crippen molar-refractivity contribution in [3.05, 3.63) is 59.4 Å². The number of hydrogen-bond acceptors (Lipinski definition) is 3. The molecular formula is C19H22ClFN2OS. The molecule has 2 aromatic rings. The van der Waals surface area contributed by atoms with E-state index in [0.717, 1.165) is 44.2 Å². The van der Waals surface area contributed by atoms with E-state index in [1.807, 2.05) is 12.1 Å². The summed E-state index contributed by atoms with van der Waals surface area (Å²) in [4.78, 5) is 5.48. The van der Waals surface area contributed by atoms with Gasteiger partial charge in [0, 0.05) is 47.5 Å². The zero-order valence-electron chi connectivity index (χ0n) is 14.0. The molecule has 1 aliphatic rings. The van der Waals surface area contributed by atoms with Crippen molar-refractivity contribution in [1.29, 1.82) is 0 Å². The lowest BCUT2D eigenvalue weighted by molar-refractivity contribution is 0.259. The van der Waals surface area contributed by atoms with Gasteiger partial charge in [-0.3, -0.25) is 9.11 Å². The van der Waals surface area contributed by atoms with Crippen molar-refractivity contribution in [1.82, 2.24) is 4.90 Å². The molecule has 0 radical (unpaired) electrons. The summed E-state index contributed by atoms with van der Waals surface area (Å²) in [7, 11) is -1.05. The molecule has 1 aliphatic heterocycles. The van der Waals surface area contributed by atoms with Gasteiger partial charge in [0.15, 0.2) is 0 Å². The molecule has 0 amide bonds. The van der Waals surface area contributed by atoms with E-state index in [4.69, 9.17) is 11.6 Å². The number of piperazine rings is 1. The van der Waals surface area contributed by atoms with Gasteiger partial charge in [-0.2, -0.15) is 0 Å². The molecule has 2 aromatic carbocycles. The van der Waals surface area contributed by atoms with Crippen LogP contribution in [0.25, 0.3) is 0 Å². The van der Waals surface area contributed by atoms with Crippen LogP contribution >= 0.6 is 11.6 Å². The SMILES string of the molecule is O=S(CCCN1CCN(c2ccc(Cl)cc2)CC1)c1ccc(F)cc1. The first kappa shape index (κ1) is 18.4. The van der Waals surface area contributed by atoms with E-state index in [2.05, 4.69) is 21.9 Å². The molecule has 1 atom stereocenters. The van der Waals surface area contributed by atoms with Gasteiger partial charge in [0.25, 0.3) is 0 Å². The number of nitrogens with zero attached hydrogens (tertiary/aromatic N) is 2. The number of hydrogen-bond donors (Lipinski definition) is 0.